The van der Waals surface area contributed by atoms with Gasteiger partial charge in [0.2, 0.25) is 0 Å². The first-order chi connectivity index (χ1) is 12.7. The van der Waals surface area contributed by atoms with Gasteiger partial charge in [0, 0.05) is 38.1 Å². The lowest BCUT2D eigenvalue weighted by atomic mass is 10.1. The molecule has 0 saturated carbocycles. The van der Waals surface area contributed by atoms with Crippen LogP contribution < -0.4 is 0 Å². The minimum absolute atomic E-state index is 0.0970. The zero-order valence-corrected chi connectivity index (χ0v) is 17.1. The highest BCUT2D eigenvalue weighted by Crippen LogP contribution is 2.19. The fraction of sp³-hybridized carbons (Fsp3) is 0.474. The Morgan fingerprint density at radius 3 is 2.11 bits per heavy atom. The Balaban J connectivity index is 1.97. The molecule has 8 heteroatoms. The molecule has 0 fully saturated rings. The fourth-order valence-corrected chi connectivity index (χ4v) is 3.27. The summed E-state index contributed by atoms with van der Waals surface area (Å²) < 4.78 is 5.40. The zero-order chi connectivity index (χ0) is 19.9. The van der Waals surface area contributed by atoms with Crippen LogP contribution in [0.15, 0.2) is 12.1 Å². The van der Waals surface area contributed by atoms with Gasteiger partial charge in [-0.25, -0.2) is 0 Å². The minimum Gasteiger partial charge on any atom is -0.327 e. The van der Waals surface area contributed by atoms with E-state index in [4.69, 9.17) is 0 Å². The molecule has 0 spiro atoms. The average Bonchev–Trinajstić information content (AvgIpc) is 3.18. The zero-order valence-electron chi connectivity index (χ0n) is 17.1. The summed E-state index contributed by atoms with van der Waals surface area (Å²) in [4.78, 5) is 15.1. The van der Waals surface area contributed by atoms with E-state index in [9.17, 15) is 4.79 Å². The van der Waals surface area contributed by atoms with Gasteiger partial charge in [-0.3, -0.25) is 18.8 Å². The fourth-order valence-electron chi connectivity index (χ4n) is 3.27. The summed E-state index contributed by atoms with van der Waals surface area (Å²) in [6.07, 6.45) is 0. The second kappa shape index (κ2) is 7.02. The first kappa shape index (κ1) is 18.9. The Labute approximate surface area is 159 Å². The Hall–Kier alpha value is -2.90. The van der Waals surface area contributed by atoms with Crippen molar-refractivity contribution in [3.8, 4) is 0 Å². The van der Waals surface area contributed by atoms with Crippen molar-refractivity contribution < 1.29 is 4.79 Å². The van der Waals surface area contributed by atoms with Crippen LogP contribution in [0, 0.1) is 27.7 Å². The molecule has 0 N–H and O–H groups in total. The maximum atomic E-state index is 13.3. The summed E-state index contributed by atoms with van der Waals surface area (Å²) in [7, 11) is 5.66. The van der Waals surface area contributed by atoms with Crippen LogP contribution in [0.3, 0.4) is 0 Å². The van der Waals surface area contributed by atoms with Crippen molar-refractivity contribution >= 4 is 5.91 Å². The standard InChI is InChI=1S/C19H27N7O/c1-12-8-16(25(7)20-12)10-26(11-17-14(3)21-24(6)15(17)4)19(27)18-9-13(2)23(5)22-18/h8-9H,10-11H2,1-7H3. The molecule has 3 heterocycles. The lowest BCUT2D eigenvalue weighted by molar-refractivity contribution is 0.0718. The summed E-state index contributed by atoms with van der Waals surface area (Å²) in [5, 5.41) is 13.3. The number of hydrogen-bond donors (Lipinski definition) is 0. The van der Waals surface area contributed by atoms with E-state index >= 15 is 0 Å². The van der Waals surface area contributed by atoms with Crippen molar-refractivity contribution in [3.63, 3.8) is 0 Å². The Morgan fingerprint density at radius 2 is 1.63 bits per heavy atom. The van der Waals surface area contributed by atoms with Crippen LogP contribution in [0.25, 0.3) is 0 Å². The predicted octanol–water partition coefficient (Wildman–Crippen LogP) is 1.96. The van der Waals surface area contributed by atoms with Crippen LogP contribution in [0.2, 0.25) is 0 Å². The van der Waals surface area contributed by atoms with Crippen LogP contribution in [-0.2, 0) is 34.2 Å². The molecule has 27 heavy (non-hydrogen) atoms. The van der Waals surface area contributed by atoms with Crippen LogP contribution in [0.4, 0.5) is 0 Å². The van der Waals surface area contributed by atoms with Crippen molar-refractivity contribution in [2.45, 2.75) is 40.8 Å². The van der Waals surface area contributed by atoms with E-state index < -0.39 is 0 Å². The maximum absolute atomic E-state index is 13.3. The molecule has 0 aliphatic rings. The average molecular weight is 369 g/mol. The third kappa shape index (κ3) is 3.65. The first-order valence-corrected chi connectivity index (χ1v) is 8.96. The van der Waals surface area contributed by atoms with Crippen LogP contribution >= 0.6 is 0 Å². The summed E-state index contributed by atoms with van der Waals surface area (Å²) in [5.74, 6) is -0.0970. The number of hydrogen-bond acceptors (Lipinski definition) is 4. The van der Waals surface area contributed by atoms with Crippen molar-refractivity contribution in [1.29, 1.82) is 0 Å². The quantitative estimate of drug-likeness (QED) is 0.689. The van der Waals surface area contributed by atoms with Gasteiger partial charge in [0.1, 0.15) is 0 Å². The van der Waals surface area contributed by atoms with Crippen LogP contribution in [0.5, 0.6) is 0 Å². The summed E-state index contributed by atoms with van der Waals surface area (Å²) in [6.45, 7) is 8.83. The van der Waals surface area contributed by atoms with Crippen LogP contribution in [-0.4, -0.2) is 40.1 Å². The SMILES string of the molecule is Cc1cc(CN(Cc2c(C)nn(C)c2C)C(=O)c2cc(C)n(C)n2)n(C)n1. The third-order valence-electron chi connectivity index (χ3n) is 5.08. The number of aromatic nitrogens is 6. The third-order valence-corrected chi connectivity index (χ3v) is 5.08. The first-order valence-electron chi connectivity index (χ1n) is 8.96. The number of aryl methyl sites for hydroxylation is 6. The van der Waals surface area contributed by atoms with E-state index in [1.54, 1.807) is 4.68 Å². The van der Waals surface area contributed by atoms with Crippen molar-refractivity contribution in [1.82, 2.24) is 34.2 Å². The lowest BCUT2D eigenvalue weighted by Gasteiger charge is -2.22. The molecule has 3 rings (SSSR count). The highest BCUT2D eigenvalue weighted by Gasteiger charge is 2.23. The van der Waals surface area contributed by atoms with E-state index in [1.807, 2.05) is 75.2 Å². The van der Waals surface area contributed by atoms with E-state index in [2.05, 4.69) is 15.3 Å². The van der Waals surface area contributed by atoms with Gasteiger partial charge in [-0.1, -0.05) is 0 Å². The smallest absolute Gasteiger partial charge is 0.275 e. The van der Waals surface area contributed by atoms with Gasteiger partial charge in [0.05, 0.1) is 30.2 Å². The molecule has 0 unspecified atom stereocenters. The van der Waals surface area contributed by atoms with Gasteiger partial charge in [-0.15, -0.1) is 0 Å². The number of carbonyl (C=O) groups is 1. The van der Waals surface area contributed by atoms with Gasteiger partial charge in [-0.05, 0) is 39.8 Å². The van der Waals surface area contributed by atoms with Crippen LogP contribution in [0.1, 0.15) is 44.5 Å². The molecule has 0 bridgehead atoms. The molecule has 8 nitrogen and oxygen atoms in total. The van der Waals surface area contributed by atoms with Crippen molar-refractivity contribution in [2.24, 2.45) is 21.1 Å². The summed E-state index contributed by atoms with van der Waals surface area (Å²) in [6, 6.07) is 3.83. The molecule has 0 saturated heterocycles. The Morgan fingerprint density at radius 1 is 0.926 bits per heavy atom. The van der Waals surface area contributed by atoms with Crippen molar-refractivity contribution in [3.05, 3.63) is 51.9 Å². The minimum atomic E-state index is -0.0970. The molecular formula is C19H27N7O. The Kier molecular flexibility index (Phi) is 4.91. The highest BCUT2D eigenvalue weighted by molar-refractivity contribution is 5.92. The van der Waals surface area contributed by atoms with Crippen molar-refractivity contribution in [2.75, 3.05) is 0 Å². The number of nitrogens with zero attached hydrogens (tertiary/aromatic N) is 7. The normalized spacial score (nSPS) is 11.2. The summed E-state index contributed by atoms with van der Waals surface area (Å²) >= 11 is 0. The number of rotatable bonds is 5. The molecule has 0 aliphatic carbocycles. The molecule has 3 aromatic heterocycles. The molecular weight excluding hydrogens is 342 g/mol. The topological polar surface area (TPSA) is 73.8 Å². The van der Waals surface area contributed by atoms with E-state index in [-0.39, 0.29) is 5.91 Å². The molecule has 3 aromatic rings. The lowest BCUT2D eigenvalue weighted by Crippen LogP contribution is -2.31. The molecule has 0 aliphatic heterocycles. The highest BCUT2D eigenvalue weighted by atomic mass is 16.2. The van der Waals surface area contributed by atoms with E-state index in [0.29, 0.717) is 18.8 Å². The Bertz CT molecular complexity index is 973. The van der Waals surface area contributed by atoms with Gasteiger partial charge in [-0.2, -0.15) is 15.3 Å². The number of carbonyl (C=O) groups excluding carboxylic acids is 1. The molecule has 144 valence electrons. The monoisotopic (exact) mass is 369 g/mol. The largest absolute Gasteiger partial charge is 0.327 e. The second-order valence-electron chi connectivity index (χ2n) is 7.13. The molecule has 1 amide bonds. The van der Waals surface area contributed by atoms with Gasteiger partial charge in [0.15, 0.2) is 5.69 Å². The molecule has 0 radical (unpaired) electrons. The van der Waals surface area contributed by atoms with E-state index in [0.717, 1.165) is 34.0 Å². The number of amides is 1. The maximum Gasteiger partial charge on any atom is 0.275 e. The van der Waals surface area contributed by atoms with Gasteiger partial charge < -0.3 is 4.90 Å². The molecule has 0 aromatic carbocycles. The van der Waals surface area contributed by atoms with Gasteiger partial charge in [0.25, 0.3) is 5.91 Å². The second-order valence-corrected chi connectivity index (χ2v) is 7.13. The van der Waals surface area contributed by atoms with E-state index in [1.165, 1.54) is 0 Å². The summed E-state index contributed by atoms with van der Waals surface area (Å²) in [5.41, 5.74) is 6.37. The predicted molar refractivity (Wildman–Crippen MR) is 102 cm³/mol. The molecule has 0 atom stereocenters. The van der Waals surface area contributed by atoms with Gasteiger partial charge >= 0.3 is 0 Å².